The average molecular weight is 239 g/mol. The van der Waals surface area contributed by atoms with E-state index in [4.69, 9.17) is 4.74 Å². The predicted molar refractivity (Wildman–Crippen MR) is 68.0 cm³/mol. The molecular formula is C14H25NO2. The van der Waals surface area contributed by atoms with Crippen molar-refractivity contribution in [1.29, 1.82) is 0 Å². The molecule has 2 rings (SSSR count). The Morgan fingerprint density at radius 1 is 1.53 bits per heavy atom. The zero-order chi connectivity index (χ0) is 12.1. The van der Waals surface area contributed by atoms with Crippen LogP contribution in [-0.4, -0.2) is 31.6 Å². The Hall–Kier alpha value is -0.410. The molecule has 17 heavy (non-hydrogen) atoms. The summed E-state index contributed by atoms with van der Waals surface area (Å²) in [4.78, 5) is 12.3. The molecule has 2 aliphatic heterocycles. The Balaban J connectivity index is 1.72. The maximum Gasteiger partial charge on any atom is 0.140 e. The molecule has 3 nitrogen and oxygen atoms in total. The van der Waals surface area contributed by atoms with E-state index in [-0.39, 0.29) is 5.41 Å². The Kier molecular flexibility index (Phi) is 4.57. The van der Waals surface area contributed by atoms with Crippen molar-refractivity contribution in [2.45, 2.75) is 58.0 Å². The number of ketones is 1. The summed E-state index contributed by atoms with van der Waals surface area (Å²) in [6.07, 6.45) is 7.65. The largest absolute Gasteiger partial charge is 0.378 e. The highest BCUT2D eigenvalue weighted by Crippen LogP contribution is 2.32. The van der Waals surface area contributed by atoms with Gasteiger partial charge in [0, 0.05) is 25.0 Å². The van der Waals surface area contributed by atoms with E-state index >= 15 is 0 Å². The number of carbonyl (C=O) groups is 1. The fourth-order valence-corrected chi connectivity index (χ4v) is 3.11. The summed E-state index contributed by atoms with van der Waals surface area (Å²) in [5, 5.41) is 3.33. The van der Waals surface area contributed by atoms with Crippen molar-refractivity contribution >= 4 is 5.78 Å². The summed E-state index contributed by atoms with van der Waals surface area (Å²) in [7, 11) is 0. The minimum Gasteiger partial charge on any atom is -0.378 e. The normalized spacial score (nSPS) is 33.1. The van der Waals surface area contributed by atoms with E-state index in [1.54, 1.807) is 0 Å². The predicted octanol–water partition coefficient (Wildman–Crippen LogP) is 2.29. The molecule has 2 aliphatic rings. The van der Waals surface area contributed by atoms with Crippen molar-refractivity contribution in [2.75, 3.05) is 19.7 Å². The van der Waals surface area contributed by atoms with Crippen molar-refractivity contribution in [2.24, 2.45) is 5.41 Å². The topological polar surface area (TPSA) is 38.3 Å². The molecule has 0 aromatic heterocycles. The van der Waals surface area contributed by atoms with Crippen molar-refractivity contribution < 1.29 is 9.53 Å². The fraction of sp³-hybridized carbons (Fsp3) is 0.929. The Labute approximate surface area is 104 Å². The van der Waals surface area contributed by atoms with Gasteiger partial charge in [-0.2, -0.15) is 0 Å². The van der Waals surface area contributed by atoms with Crippen LogP contribution in [0.15, 0.2) is 0 Å². The second kappa shape index (κ2) is 5.96. The molecule has 2 saturated heterocycles. The standard InChI is InChI=1S/C14H25NO2/c1-2-14(8-9-15-11-14)13(16)7-3-5-12-6-4-10-17-12/h12,15H,2-11H2,1H3. The highest BCUT2D eigenvalue weighted by molar-refractivity contribution is 5.85. The van der Waals surface area contributed by atoms with Crippen molar-refractivity contribution in [3.63, 3.8) is 0 Å². The number of Topliss-reactive ketones (excluding diaryl/α,β-unsaturated/α-hetero) is 1. The number of rotatable bonds is 6. The van der Waals surface area contributed by atoms with E-state index in [2.05, 4.69) is 12.2 Å². The number of ether oxygens (including phenoxy) is 1. The Morgan fingerprint density at radius 3 is 3.00 bits per heavy atom. The third-order valence-electron chi connectivity index (χ3n) is 4.47. The van der Waals surface area contributed by atoms with Gasteiger partial charge >= 0.3 is 0 Å². The lowest BCUT2D eigenvalue weighted by Gasteiger charge is -2.25. The summed E-state index contributed by atoms with van der Waals surface area (Å²) >= 11 is 0. The van der Waals surface area contributed by atoms with Crippen LogP contribution in [0.1, 0.15) is 51.9 Å². The van der Waals surface area contributed by atoms with Crippen LogP contribution in [0.3, 0.4) is 0 Å². The highest BCUT2D eigenvalue weighted by atomic mass is 16.5. The van der Waals surface area contributed by atoms with Gasteiger partial charge < -0.3 is 10.1 Å². The lowest BCUT2D eigenvalue weighted by molar-refractivity contribution is -0.128. The summed E-state index contributed by atoms with van der Waals surface area (Å²) < 4.78 is 5.59. The Morgan fingerprint density at radius 2 is 2.41 bits per heavy atom. The van der Waals surface area contributed by atoms with E-state index < -0.39 is 0 Å². The molecule has 0 bridgehead atoms. The molecule has 0 spiro atoms. The average Bonchev–Trinajstić information content (AvgIpc) is 3.00. The molecule has 0 saturated carbocycles. The maximum atomic E-state index is 12.3. The van der Waals surface area contributed by atoms with E-state index in [1.807, 2.05) is 0 Å². The van der Waals surface area contributed by atoms with Gasteiger partial charge in [-0.25, -0.2) is 0 Å². The maximum absolute atomic E-state index is 12.3. The summed E-state index contributed by atoms with van der Waals surface area (Å²) in [6.45, 7) is 4.96. The second-order valence-electron chi connectivity index (χ2n) is 5.51. The van der Waals surface area contributed by atoms with Crippen molar-refractivity contribution in [1.82, 2.24) is 5.32 Å². The SMILES string of the molecule is CCC1(C(=O)CCCC2CCCO2)CCNC1. The zero-order valence-corrected chi connectivity index (χ0v) is 11.0. The van der Waals surface area contributed by atoms with Crippen LogP contribution in [0.2, 0.25) is 0 Å². The molecule has 0 amide bonds. The number of nitrogens with one attached hydrogen (secondary N) is 1. The third kappa shape index (κ3) is 3.08. The van der Waals surface area contributed by atoms with Gasteiger partial charge in [0.25, 0.3) is 0 Å². The molecule has 2 atom stereocenters. The molecule has 0 radical (unpaired) electrons. The quantitative estimate of drug-likeness (QED) is 0.773. The van der Waals surface area contributed by atoms with Crippen LogP contribution in [-0.2, 0) is 9.53 Å². The minimum absolute atomic E-state index is 0.0451. The first-order chi connectivity index (χ1) is 8.27. The molecule has 2 heterocycles. The van der Waals surface area contributed by atoms with E-state index in [9.17, 15) is 4.79 Å². The van der Waals surface area contributed by atoms with Gasteiger partial charge in [-0.15, -0.1) is 0 Å². The van der Waals surface area contributed by atoms with Gasteiger partial charge in [0.1, 0.15) is 5.78 Å². The molecular weight excluding hydrogens is 214 g/mol. The lowest BCUT2D eigenvalue weighted by Crippen LogP contribution is -2.32. The van der Waals surface area contributed by atoms with Crippen molar-refractivity contribution in [3.05, 3.63) is 0 Å². The monoisotopic (exact) mass is 239 g/mol. The zero-order valence-electron chi connectivity index (χ0n) is 11.0. The number of hydrogen-bond acceptors (Lipinski definition) is 3. The van der Waals surface area contributed by atoms with Crippen molar-refractivity contribution in [3.8, 4) is 0 Å². The van der Waals surface area contributed by atoms with Gasteiger partial charge in [-0.05, 0) is 45.1 Å². The van der Waals surface area contributed by atoms with Crippen LogP contribution in [0.5, 0.6) is 0 Å². The van der Waals surface area contributed by atoms with Gasteiger partial charge in [0.15, 0.2) is 0 Å². The van der Waals surface area contributed by atoms with Crippen LogP contribution < -0.4 is 5.32 Å². The van der Waals surface area contributed by atoms with Gasteiger partial charge in [0.2, 0.25) is 0 Å². The molecule has 3 heteroatoms. The highest BCUT2D eigenvalue weighted by Gasteiger charge is 2.38. The first-order valence-electron chi connectivity index (χ1n) is 7.12. The first-order valence-corrected chi connectivity index (χ1v) is 7.12. The van der Waals surface area contributed by atoms with Crippen LogP contribution in [0.4, 0.5) is 0 Å². The molecule has 98 valence electrons. The number of carbonyl (C=O) groups excluding carboxylic acids is 1. The van der Waals surface area contributed by atoms with Crippen LogP contribution in [0.25, 0.3) is 0 Å². The third-order valence-corrected chi connectivity index (χ3v) is 4.47. The molecule has 0 aromatic carbocycles. The number of hydrogen-bond donors (Lipinski definition) is 1. The molecule has 0 aliphatic carbocycles. The van der Waals surface area contributed by atoms with E-state index in [0.29, 0.717) is 11.9 Å². The smallest absolute Gasteiger partial charge is 0.140 e. The van der Waals surface area contributed by atoms with Gasteiger partial charge in [-0.1, -0.05) is 6.92 Å². The Bertz CT molecular complexity index is 253. The van der Waals surface area contributed by atoms with Gasteiger partial charge in [-0.3, -0.25) is 4.79 Å². The lowest BCUT2D eigenvalue weighted by atomic mass is 9.78. The van der Waals surface area contributed by atoms with Crippen LogP contribution in [0, 0.1) is 5.41 Å². The summed E-state index contributed by atoms with van der Waals surface area (Å²) in [6, 6.07) is 0. The first kappa shape index (κ1) is 13.0. The molecule has 2 unspecified atom stereocenters. The van der Waals surface area contributed by atoms with E-state index in [0.717, 1.165) is 51.8 Å². The molecule has 0 aromatic rings. The molecule has 2 fully saturated rings. The van der Waals surface area contributed by atoms with E-state index in [1.165, 1.54) is 12.8 Å². The summed E-state index contributed by atoms with van der Waals surface area (Å²) in [5.74, 6) is 0.475. The van der Waals surface area contributed by atoms with Crippen LogP contribution >= 0.6 is 0 Å². The molecule has 1 N–H and O–H groups in total. The second-order valence-corrected chi connectivity index (χ2v) is 5.51. The fourth-order valence-electron chi connectivity index (χ4n) is 3.11. The van der Waals surface area contributed by atoms with Gasteiger partial charge in [0.05, 0.1) is 6.10 Å². The summed E-state index contributed by atoms with van der Waals surface area (Å²) in [5.41, 5.74) is -0.0451. The minimum atomic E-state index is -0.0451.